The van der Waals surface area contributed by atoms with E-state index in [9.17, 15) is 8.78 Å². The Morgan fingerprint density at radius 3 is 2.60 bits per heavy atom. The lowest BCUT2D eigenvalue weighted by Crippen LogP contribution is -2.35. The quantitative estimate of drug-likeness (QED) is 0.777. The van der Waals surface area contributed by atoms with Gasteiger partial charge in [-0.3, -0.25) is 0 Å². The molecule has 0 amide bonds. The van der Waals surface area contributed by atoms with Crippen molar-refractivity contribution in [3.63, 3.8) is 0 Å². The maximum atomic E-state index is 12.6. The first-order valence-corrected chi connectivity index (χ1v) is 4.57. The van der Waals surface area contributed by atoms with E-state index in [4.69, 9.17) is 9.52 Å². The average molecular weight is 220 g/mol. The second-order valence-corrected chi connectivity index (χ2v) is 3.37. The van der Waals surface area contributed by atoms with Crippen LogP contribution in [0.1, 0.15) is 17.3 Å². The fourth-order valence-corrected chi connectivity index (χ4v) is 1.02. The number of alkyl halides is 2. The third-order valence-electron chi connectivity index (χ3n) is 1.96. The molecule has 1 heterocycles. The van der Waals surface area contributed by atoms with Gasteiger partial charge in [0.2, 0.25) is 5.89 Å². The third-order valence-corrected chi connectivity index (χ3v) is 1.96. The molecule has 0 saturated carbocycles. The normalized spacial score (nSPS) is 12.1. The molecule has 0 bridgehead atoms. The molecule has 4 nitrogen and oxygen atoms in total. The zero-order valence-electron chi connectivity index (χ0n) is 8.68. The summed E-state index contributed by atoms with van der Waals surface area (Å²) < 4.78 is 30.3. The van der Waals surface area contributed by atoms with E-state index >= 15 is 0 Å². The third kappa shape index (κ3) is 3.56. The maximum Gasteiger partial charge on any atom is 0.282 e. The number of nitrogens with zero attached hydrogens (tertiary/aromatic N) is 1. The Morgan fingerprint density at radius 1 is 1.47 bits per heavy atom. The maximum absolute atomic E-state index is 12.6. The van der Waals surface area contributed by atoms with Gasteiger partial charge in [0.15, 0.2) is 0 Å². The Balaban J connectivity index is 2.38. The molecule has 0 aliphatic rings. The lowest BCUT2D eigenvalue weighted by molar-refractivity contribution is -0.0480. The van der Waals surface area contributed by atoms with E-state index in [2.05, 4.69) is 10.3 Å². The van der Waals surface area contributed by atoms with Crippen LogP contribution in [-0.2, 0) is 6.54 Å². The summed E-state index contributed by atoms with van der Waals surface area (Å²) in [5.74, 6) is -2.05. The highest BCUT2D eigenvalue weighted by Crippen LogP contribution is 2.11. The minimum atomic E-state index is -3.10. The Labute approximate surface area is 86.3 Å². The summed E-state index contributed by atoms with van der Waals surface area (Å²) in [6, 6.07) is 0. The first-order chi connectivity index (χ1) is 6.94. The second-order valence-electron chi connectivity index (χ2n) is 3.37. The van der Waals surface area contributed by atoms with Crippen molar-refractivity contribution in [2.45, 2.75) is 26.3 Å². The minimum absolute atomic E-state index is 0.129. The van der Waals surface area contributed by atoms with Gasteiger partial charge in [-0.1, -0.05) is 0 Å². The number of oxazole rings is 1. The molecule has 2 N–H and O–H groups in total. The van der Waals surface area contributed by atoms with Gasteiger partial charge in [-0.2, -0.15) is 0 Å². The smallest absolute Gasteiger partial charge is 0.282 e. The highest BCUT2D eigenvalue weighted by Gasteiger charge is 2.26. The molecule has 0 spiro atoms. The number of halogens is 2. The van der Waals surface area contributed by atoms with Crippen LogP contribution >= 0.6 is 0 Å². The van der Waals surface area contributed by atoms with Gasteiger partial charge < -0.3 is 14.8 Å². The van der Waals surface area contributed by atoms with E-state index in [1.165, 1.54) is 0 Å². The van der Waals surface area contributed by atoms with Crippen LogP contribution in [0.4, 0.5) is 8.78 Å². The van der Waals surface area contributed by atoms with Crippen LogP contribution in [0.5, 0.6) is 0 Å². The van der Waals surface area contributed by atoms with Gasteiger partial charge in [0.25, 0.3) is 5.92 Å². The van der Waals surface area contributed by atoms with Crippen LogP contribution in [0.25, 0.3) is 0 Å². The van der Waals surface area contributed by atoms with E-state index in [1.807, 2.05) is 0 Å². The number of aliphatic hydroxyl groups is 1. The van der Waals surface area contributed by atoms with Gasteiger partial charge >= 0.3 is 0 Å². The number of nitrogens with one attached hydrogen (secondary N) is 1. The number of hydrogen-bond acceptors (Lipinski definition) is 4. The summed E-state index contributed by atoms with van der Waals surface area (Å²) >= 11 is 0. The molecule has 0 aliphatic heterocycles. The van der Waals surface area contributed by atoms with Crippen molar-refractivity contribution in [3.8, 4) is 0 Å². The predicted octanol–water partition coefficient (Wildman–Crippen LogP) is 1.01. The molecule has 1 aromatic heterocycles. The molecule has 0 radical (unpaired) electrons. The van der Waals surface area contributed by atoms with Crippen molar-refractivity contribution >= 4 is 0 Å². The summed E-state index contributed by atoms with van der Waals surface area (Å²) in [6.45, 7) is 1.91. The van der Waals surface area contributed by atoms with Crippen LogP contribution in [-0.4, -0.2) is 29.2 Å². The second kappa shape index (κ2) is 4.67. The monoisotopic (exact) mass is 220 g/mol. The van der Waals surface area contributed by atoms with Gasteiger partial charge in [0, 0.05) is 0 Å². The van der Waals surface area contributed by atoms with Gasteiger partial charge in [-0.25, -0.2) is 13.8 Å². The largest absolute Gasteiger partial charge is 0.444 e. The van der Waals surface area contributed by atoms with Crippen LogP contribution in [0.15, 0.2) is 4.42 Å². The van der Waals surface area contributed by atoms with Crippen LogP contribution in [0.3, 0.4) is 0 Å². The molecule has 0 unspecified atom stereocenters. The number of aryl methyl sites for hydroxylation is 2. The van der Waals surface area contributed by atoms with Gasteiger partial charge in [0.1, 0.15) is 12.4 Å². The predicted molar refractivity (Wildman–Crippen MR) is 49.7 cm³/mol. The van der Waals surface area contributed by atoms with Crippen LogP contribution in [0, 0.1) is 13.8 Å². The molecule has 1 aromatic rings. The summed E-state index contributed by atoms with van der Waals surface area (Å²) in [6.07, 6.45) is 0. The van der Waals surface area contributed by atoms with E-state index in [-0.39, 0.29) is 6.54 Å². The Morgan fingerprint density at radius 2 is 2.13 bits per heavy atom. The van der Waals surface area contributed by atoms with Crippen LogP contribution < -0.4 is 5.32 Å². The summed E-state index contributed by atoms with van der Waals surface area (Å²) in [5.41, 5.74) is 0.751. The lowest BCUT2D eigenvalue weighted by atomic mass is 10.3. The highest BCUT2D eigenvalue weighted by molar-refractivity contribution is 5.05. The molecule has 6 heteroatoms. The molecule has 15 heavy (non-hydrogen) atoms. The lowest BCUT2D eigenvalue weighted by Gasteiger charge is -2.12. The standard InChI is InChI=1S/C9H14F2N2O2/c1-6-7(2)15-8(13-6)3-12-4-9(10,11)5-14/h12,14H,3-5H2,1-2H3. The van der Waals surface area contributed by atoms with E-state index in [1.54, 1.807) is 13.8 Å². The first-order valence-electron chi connectivity index (χ1n) is 4.57. The van der Waals surface area contributed by atoms with Crippen molar-refractivity contribution in [1.29, 1.82) is 0 Å². The summed E-state index contributed by atoms with van der Waals surface area (Å²) in [5, 5.41) is 10.8. The first kappa shape index (κ1) is 12.1. The molecular formula is C9H14F2N2O2. The van der Waals surface area contributed by atoms with Gasteiger partial charge in [0.05, 0.1) is 18.8 Å². The SMILES string of the molecule is Cc1nc(CNCC(F)(F)CO)oc1C. The zero-order chi connectivity index (χ0) is 11.5. The molecule has 0 fully saturated rings. The van der Waals surface area contributed by atoms with Crippen molar-refractivity contribution in [1.82, 2.24) is 10.3 Å². The summed E-state index contributed by atoms with van der Waals surface area (Å²) in [4.78, 5) is 4.02. The Kier molecular flexibility index (Phi) is 3.76. The van der Waals surface area contributed by atoms with Crippen molar-refractivity contribution in [2.24, 2.45) is 0 Å². The van der Waals surface area contributed by atoms with Crippen molar-refractivity contribution < 1.29 is 18.3 Å². The zero-order valence-corrected chi connectivity index (χ0v) is 8.68. The minimum Gasteiger partial charge on any atom is -0.444 e. The number of rotatable bonds is 5. The fraction of sp³-hybridized carbons (Fsp3) is 0.667. The Bertz CT molecular complexity index is 306. The number of aromatic nitrogens is 1. The molecule has 86 valence electrons. The van der Waals surface area contributed by atoms with Crippen LogP contribution in [0.2, 0.25) is 0 Å². The molecule has 0 aliphatic carbocycles. The van der Waals surface area contributed by atoms with E-state index < -0.39 is 19.1 Å². The van der Waals surface area contributed by atoms with E-state index in [0.717, 1.165) is 5.69 Å². The number of aliphatic hydroxyl groups excluding tert-OH is 1. The van der Waals surface area contributed by atoms with Gasteiger partial charge in [-0.15, -0.1) is 0 Å². The fourth-order valence-electron chi connectivity index (χ4n) is 1.02. The summed E-state index contributed by atoms with van der Waals surface area (Å²) in [7, 11) is 0. The molecular weight excluding hydrogens is 206 g/mol. The highest BCUT2D eigenvalue weighted by atomic mass is 19.3. The van der Waals surface area contributed by atoms with Gasteiger partial charge in [-0.05, 0) is 13.8 Å². The van der Waals surface area contributed by atoms with Crippen molar-refractivity contribution in [2.75, 3.05) is 13.2 Å². The topological polar surface area (TPSA) is 58.3 Å². The average Bonchev–Trinajstić information content (AvgIpc) is 2.46. The molecule has 1 rings (SSSR count). The number of hydrogen-bond donors (Lipinski definition) is 2. The van der Waals surface area contributed by atoms with Crippen molar-refractivity contribution in [3.05, 3.63) is 17.3 Å². The van der Waals surface area contributed by atoms with E-state index in [0.29, 0.717) is 11.7 Å². The molecule has 0 saturated heterocycles. The Hall–Kier alpha value is -1.01. The molecule has 0 aromatic carbocycles. The molecule has 0 atom stereocenters.